The molecule has 0 aliphatic rings. The maximum absolute atomic E-state index is 11.2. The average Bonchev–Trinajstić information content (AvgIpc) is 2.90. The van der Waals surface area contributed by atoms with Gasteiger partial charge in [-0.3, -0.25) is 0 Å². The van der Waals surface area contributed by atoms with E-state index in [1.807, 2.05) is 11.4 Å². The predicted molar refractivity (Wildman–Crippen MR) is 71.3 cm³/mol. The summed E-state index contributed by atoms with van der Waals surface area (Å²) in [5.74, 6) is -0.156. The fourth-order valence-corrected chi connectivity index (χ4v) is 2.33. The number of hydrogen-bond acceptors (Lipinski definition) is 4. The number of thiophene rings is 1. The minimum absolute atomic E-state index is 0.724. The zero-order valence-electron chi connectivity index (χ0n) is 9.79. The maximum Gasteiger partial charge on any atom is 0.331 e. The van der Waals surface area contributed by atoms with E-state index in [1.165, 1.54) is 11.3 Å². The normalized spacial score (nSPS) is 11.8. The van der Waals surface area contributed by atoms with Crippen LogP contribution in [0.15, 0.2) is 41.8 Å². The molecule has 5 heteroatoms. The quantitative estimate of drug-likeness (QED) is 0.870. The molecule has 0 fully saturated rings. The SMILES string of the molecule is COc1ccc(N[C@H](C(=O)O)c2cccs2)cc1. The number of aliphatic carboxylic acids is 1. The van der Waals surface area contributed by atoms with E-state index in [4.69, 9.17) is 4.74 Å². The van der Waals surface area contributed by atoms with Gasteiger partial charge in [0.15, 0.2) is 6.04 Å². The number of anilines is 1. The van der Waals surface area contributed by atoms with Crippen molar-refractivity contribution in [2.45, 2.75) is 6.04 Å². The van der Waals surface area contributed by atoms with Gasteiger partial charge >= 0.3 is 5.97 Å². The molecule has 2 rings (SSSR count). The van der Waals surface area contributed by atoms with Crippen molar-refractivity contribution in [1.29, 1.82) is 0 Å². The van der Waals surface area contributed by atoms with E-state index in [0.29, 0.717) is 0 Å². The molecule has 0 spiro atoms. The van der Waals surface area contributed by atoms with Gasteiger partial charge in [-0.25, -0.2) is 4.79 Å². The van der Waals surface area contributed by atoms with E-state index >= 15 is 0 Å². The summed E-state index contributed by atoms with van der Waals surface area (Å²) in [5, 5.41) is 14.1. The molecule has 0 amide bonds. The van der Waals surface area contributed by atoms with Crippen molar-refractivity contribution >= 4 is 23.0 Å². The minimum Gasteiger partial charge on any atom is -0.497 e. The molecule has 0 saturated heterocycles. The topological polar surface area (TPSA) is 58.6 Å². The summed E-state index contributed by atoms with van der Waals surface area (Å²) in [6.07, 6.45) is 0. The second-order valence-corrected chi connectivity index (χ2v) is 4.64. The summed E-state index contributed by atoms with van der Waals surface area (Å²) >= 11 is 1.42. The van der Waals surface area contributed by atoms with E-state index in [0.717, 1.165) is 16.3 Å². The van der Waals surface area contributed by atoms with Crippen LogP contribution in [0.1, 0.15) is 10.9 Å². The van der Waals surface area contributed by atoms with E-state index < -0.39 is 12.0 Å². The summed E-state index contributed by atoms with van der Waals surface area (Å²) in [4.78, 5) is 12.0. The average molecular weight is 263 g/mol. The van der Waals surface area contributed by atoms with Crippen LogP contribution in [0.2, 0.25) is 0 Å². The van der Waals surface area contributed by atoms with E-state index in [9.17, 15) is 9.90 Å². The van der Waals surface area contributed by atoms with Crippen LogP contribution in [-0.4, -0.2) is 18.2 Å². The molecule has 1 heterocycles. The molecule has 94 valence electrons. The largest absolute Gasteiger partial charge is 0.497 e. The lowest BCUT2D eigenvalue weighted by atomic mass is 10.2. The number of carbonyl (C=O) groups is 1. The van der Waals surface area contributed by atoms with Gasteiger partial charge in [-0.1, -0.05) is 6.07 Å². The maximum atomic E-state index is 11.2. The Morgan fingerprint density at radius 3 is 2.56 bits per heavy atom. The molecule has 0 aliphatic heterocycles. The molecule has 0 saturated carbocycles. The fraction of sp³-hybridized carbons (Fsp3) is 0.154. The van der Waals surface area contributed by atoms with Crippen LogP contribution < -0.4 is 10.1 Å². The first-order valence-corrected chi connectivity index (χ1v) is 6.25. The Labute approximate surface area is 109 Å². The van der Waals surface area contributed by atoms with Crippen LogP contribution >= 0.6 is 11.3 Å². The number of methoxy groups -OCH3 is 1. The van der Waals surface area contributed by atoms with Crippen LogP contribution in [0.5, 0.6) is 5.75 Å². The molecule has 4 nitrogen and oxygen atoms in total. The van der Waals surface area contributed by atoms with Gasteiger partial charge in [0.25, 0.3) is 0 Å². The van der Waals surface area contributed by atoms with Crippen LogP contribution in [0.25, 0.3) is 0 Å². The number of nitrogens with one attached hydrogen (secondary N) is 1. The standard InChI is InChI=1S/C13H13NO3S/c1-17-10-6-4-9(5-7-10)14-12(13(15)16)11-3-2-8-18-11/h2-8,12,14H,1H3,(H,15,16)/t12-/m0/s1. The van der Waals surface area contributed by atoms with Gasteiger partial charge < -0.3 is 15.2 Å². The minimum atomic E-state index is -0.895. The highest BCUT2D eigenvalue weighted by Crippen LogP contribution is 2.25. The second kappa shape index (κ2) is 5.55. The van der Waals surface area contributed by atoms with Gasteiger partial charge in [-0.2, -0.15) is 0 Å². The summed E-state index contributed by atoms with van der Waals surface area (Å²) in [6.45, 7) is 0. The van der Waals surface area contributed by atoms with Gasteiger partial charge in [0.1, 0.15) is 5.75 Å². The van der Waals surface area contributed by atoms with Crippen molar-refractivity contribution in [2.75, 3.05) is 12.4 Å². The van der Waals surface area contributed by atoms with Crippen molar-refractivity contribution in [3.05, 3.63) is 46.7 Å². The first-order valence-electron chi connectivity index (χ1n) is 5.37. The Balaban J connectivity index is 2.16. The molecule has 0 aliphatic carbocycles. The van der Waals surface area contributed by atoms with Crippen molar-refractivity contribution in [3.63, 3.8) is 0 Å². The Morgan fingerprint density at radius 1 is 1.33 bits per heavy atom. The molecule has 18 heavy (non-hydrogen) atoms. The lowest BCUT2D eigenvalue weighted by molar-refractivity contribution is -0.138. The Morgan fingerprint density at radius 2 is 2.06 bits per heavy atom. The van der Waals surface area contributed by atoms with Crippen molar-refractivity contribution in [1.82, 2.24) is 0 Å². The zero-order valence-corrected chi connectivity index (χ0v) is 10.6. The van der Waals surface area contributed by atoms with Crippen LogP contribution in [0, 0.1) is 0 Å². The number of hydrogen-bond donors (Lipinski definition) is 2. The van der Waals surface area contributed by atoms with Gasteiger partial charge in [0.2, 0.25) is 0 Å². The fourth-order valence-electron chi connectivity index (χ4n) is 1.56. The Bertz CT molecular complexity index is 508. The third kappa shape index (κ3) is 2.81. The highest BCUT2D eigenvalue weighted by atomic mass is 32.1. The van der Waals surface area contributed by atoms with Gasteiger partial charge in [-0.05, 0) is 35.7 Å². The first kappa shape index (κ1) is 12.4. The van der Waals surface area contributed by atoms with Gasteiger partial charge in [0, 0.05) is 10.6 Å². The first-order chi connectivity index (χ1) is 8.70. The predicted octanol–water partition coefficient (Wildman–Crippen LogP) is 2.99. The molecule has 0 unspecified atom stereocenters. The number of ether oxygens (including phenoxy) is 1. The van der Waals surface area contributed by atoms with E-state index in [-0.39, 0.29) is 0 Å². The third-order valence-electron chi connectivity index (χ3n) is 2.48. The third-order valence-corrected chi connectivity index (χ3v) is 3.41. The van der Waals surface area contributed by atoms with Crippen molar-refractivity contribution in [2.24, 2.45) is 0 Å². The number of carboxylic acids is 1. The van der Waals surface area contributed by atoms with Gasteiger partial charge in [0.05, 0.1) is 7.11 Å². The monoisotopic (exact) mass is 263 g/mol. The van der Waals surface area contributed by atoms with E-state index in [2.05, 4.69) is 5.32 Å². The molecule has 1 atom stereocenters. The van der Waals surface area contributed by atoms with Crippen molar-refractivity contribution in [3.8, 4) is 5.75 Å². The number of rotatable bonds is 5. The summed E-state index contributed by atoms with van der Waals surface area (Å²) in [7, 11) is 1.59. The Hall–Kier alpha value is -2.01. The summed E-state index contributed by atoms with van der Waals surface area (Å²) < 4.78 is 5.05. The van der Waals surface area contributed by atoms with Crippen molar-refractivity contribution < 1.29 is 14.6 Å². The highest BCUT2D eigenvalue weighted by Gasteiger charge is 2.20. The molecular formula is C13H13NO3S. The van der Waals surface area contributed by atoms with Crippen LogP contribution in [0.4, 0.5) is 5.69 Å². The zero-order chi connectivity index (χ0) is 13.0. The number of benzene rings is 1. The lowest BCUT2D eigenvalue weighted by Crippen LogP contribution is -2.19. The molecule has 0 bridgehead atoms. The molecule has 0 radical (unpaired) electrons. The van der Waals surface area contributed by atoms with Gasteiger partial charge in [-0.15, -0.1) is 11.3 Å². The Kier molecular flexibility index (Phi) is 3.84. The number of carboxylic acid groups (broad SMARTS) is 1. The molecule has 2 aromatic rings. The molecule has 1 aromatic carbocycles. The van der Waals surface area contributed by atoms with Crippen LogP contribution in [0.3, 0.4) is 0 Å². The lowest BCUT2D eigenvalue weighted by Gasteiger charge is -2.14. The molecule has 2 N–H and O–H groups in total. The molecular weight excluding hydrogens is 250 g/mol. The van der Waals surface area contributed by atoms with Crippen LogP contribution in [-0.2, 0) is 4.79 Å². The second-order valence-electron chi connectivity index (χ2n) is 3.66. The summed E-state index contributed by atoms with van der Waals surface area (Å²) in [6, 6.07) is 10.1. The smallest absolute Gasteiger partial charge is 0.331 e. The highest BCUT2D eigenvalue weighted by molar-refractivity contribution is 7.10. The molecule has 1 aromatic heterocycles. The summed E-state index contributed by atoms with van der Waals surface area (Å²) in [5.41, 5.74) is 0.747. The van der Waals surface area contributed by atoms with E-state index in [1.54, 1.807) is 37.4 Å².